The van der Waals surface area contributed by atoms with Crippen molar-refractivity contribution in [2.24, 2.45) is 0 Å². The Morgan fingerprint density at radius 3 is 2.29 bits per heavy atom. The molecule has 0 saturated heterocycles. The number of carbonyl (C=O) groups is 1. The van der Waals surface area contributed by atoms with E-state index >= 15 is 0 Å². The molecule has 0 saturated carbocycles. The first-order valence-corrected chi connectivity index (χ1v) is 7.09. The van der Waals surface area contributed by atoms with Crippen molar-refractivity contribution >= 4 is 17.2 Å². The minimum absolute atomic E-state index is 0.130. The molecular weight excluding hydrogens is 265 g/mol. The number of Topliss-reactive ketones (excluding diaryl/α,β-unsaturated/α-hetero) is 1. The Labute approximate surface area is 125 Å². The average Bonchev–Trinajstić information content (AvgIpc) is 2.45. The molecule has 0 aliphatic rings. The molecule has 2 aromatic rings. The number of hydrogen-bond donors (Lipinski definition) is 0. The van der Waals surface area contributed by atoms with Gasteiger partial charge < -0.3 is 4.90 Å². The number of halogens is 1. The van der Waals surface area contributed by atoms with Crippen LogP contribution in [-0.4, -0.2) is 12.3 Å². The monoisotopic (exact) mass is 285 g/mol. The molecule has 0 bridgehead atoms. The van der Waals surface area contributed by atoms with E-state index in [9.17, 15) is 9.18 Å². The third-order valence-corrected chi connectivity index (χ3v) is 3.61. The Balaban J connectivity index is 2.58. The molecule has 2 rings (SSSR count). The van der Waals surface area contributed by atoms with Gasteiger partial charge in [-0.2, -0.15) is 0 Å². The van der Waals surface area contributed by atoms with Crippen LogP contribution in [0.4, 0.5) is 15.8 Å². The number of anilines is 2. The molecule has 0 N–H and O–H groups in total. The van der Waals surface area contributed by atoms with Gasteiger partial charge in [0.2, 0.25) is 0 Å². The standard InChI is InChI=1S/C18H20FNO/c1-5-20(15-8-6-12(2)7-9-15)18-10-13(3)17(19)11-16(18)14(4)21/h6-11H,5H2,1-4H3. The lowest BCUT2D eigenvalue weighted by Crippen LogP contribution is -2.19. The third-order valence-electron chi connectivity index (χ3n) is 3.61. The van der Waals surface area contributed by atoms with E-state index in [1.807, 2.05) is 43.0 Å². The molecule has 0 fully saturated rings. The van der Waals surface area contributed by atoms with Crippen LogP contribution in [0, 0.1) is 19.7 Å². The van der Waals surface area contributed by atoms with Gasteiger partial charge in [-0.15, -0.1) is 0 Å². The van der Waals surface area contributed by atoms with Crippen LogP contribution >= 0.6 is 0 Å². The number of carbonyl (C=O) groups excluding carboxylic acids is 1. The Kier molecular flexibility index (Phi) is 4.41. The second-order valence-electron chi connectivity index (χ2n) is 5.25. The molecule has 0 radical (unpaired) electrons. The summed E-state index contributed by atoms with van der Waals surface area (Å²) in [4.78, 5) is 13.9. The quantitative estimate of drug-likeness (QED) is 0.752. The number of nitrogens with zero attached hydrogens (tertiary/aromatic N) is 1. The van der Waals surface area contributed by atoms with Crippen LogP contribution in [0.15, 0.2) is 36.4 Å². The van der Waals surface area contributed by atoms with Gasteiger partial charge in [-0.1, -0.05) is 17.7 Å². The van der Waals surface area contributed by atoms with Crippen LogP contribution in [0.25, 0.3) is 0 Å². The summed E-state index contributed by atoms with van der Waals surface area (Å²) >= 11 is 0. The molecule has 110 valence electrons. The summed E-state index contributed by atoms with van der Waals surface area (Å²) in [5, 5.41) is 0. The van der Waals surface area contributed by atoms with Crippen molar-refractivity contribution in [1.82, 2.24) is 0 Å². The normalized spacial score (nSPS) is 10.5. The van der Waals surface area contributed by atoms with Crippen molar-refractivity contribution in [3.63, 3.8) is 0 Å². The summed E-state index contributed by atoms with van der Waals surface area (Å²) in [6, 6.07) is 11.2. The van der Waals surface area contributed by atoms with Gasteiger partial charge in [0.25, 0.3) is 0 Å². The number of benzene rings is 2. The van der Waals surface area contributed by atoms with Crippen LogP contribution in [0.2, 0.25) is 0 Å². The summed E-state index contributed by atoms with van der Waals surface area (Å²) in [6.07, 6.45) is 0. The average molecular weight is 285 g/mol. The number of rotatable bonds is 4. The van der Waals surface area contributed by atoms with Crippen LogP contribution < -0.4 is 4.90 Å². The van der Waals surface area contributed by atoms with Crippen LogP contribution in [0.5, 0.6) is 0 Å². The van der Waals surface area contributed by atoms with Gasteiger partial charge in [0.15, 0.2) is 5.78 Å². The second kappa shape index (κ2) is 6.08. The molecule has 0 spiro atoms. The van der Waals surface area contributed by atoms with E-state index in [-0.39, 0.29) is 11.6 Å². The first kappa shape index (κ1) is 15.2. The van der Waals surface area contributed by atoms with Gasteiger partial charge in [0, 0.05) is 17.8 Å². The van der Waals surface area contributed by atoms with E-state index in [1.54, 1.807) is 13.0 Å². The zero-order chi connectivity index (χ0) is 15.6. The lowest BCUT2D eigenvalue weighted by molar-refractivity contribution is 0.101. The maximum atomic E-state index is 13.8. The van der Waals surface area contributed by atoms with Crippen LogP contribution in [-0.2, 0) is 0 Å². The minimum Gasteiger partial charge on any atom is -0.341 e. The number of ketones is 1. The van der Waals surface area contributed by atoms with E-state index in [2.05, 4.69) is 0 Å². The fourth-order valence-electron chi connectivity index (χ4n) is 2.39. The summed E-state index contributed by atoms with van der Waals surface area (Å²) in [6.45, 7) is 7.93. The maximum Gasteiger partial charge on any atom is 0.162 e. The van der Waals surface area contributed by atoms with Crippen LogP contribution in [0.3, 0.4) is 0 Å². The smallest absolute Gasteiger partial charge is 0.162 e. The van der Waals surface area contributed by atoms with Gasteiger partial charge in [-0.3, -0.25) is 4.79 Å². The highest BCUT2D eigenvalue weighted by Gasteiger charge is 2.17. The van der Waals surface area contributed by atoms with Gasteiger partial charge in [0.05, 0.1) is 5.69 Å². The minimum atomic E-state index is -0.344. The lowest BCUT2D eigenvalue weighted by atomic mass is 10.0. The molecule has 0 unspecified atom stereocenters. The Morgan fingerprint density at radius 1 is 1.14 bits per heavy atom. The molecule has 0 heterocycles. The van der Waals surface area contributed by atoms with E-state index in [1.165, 1.54) is 18.6 Å². The first-order chi connectivity index (χ1) is 9.93. The molecule has 0 atom stereocenters. The Bertz CT molecular complexity index is 662. The van der Waals surface area contributed by atoms with Crippen molar-refractivity contribution in [2.45, 2.75) is 27.7 Å². The zero-order valence-electron chi connectivity index (χ0n) is 12.9. The maximum absolute atomic E-state index is 13.8. The SMILES string of the molecule is CCN(c1ccc(C)cc1)c1cc(C)c(F)cc1C(C)=O. The van der Waals surface area contributed by atoms with Gasteiger partial charge >= 0.3 is 0 Å². The largest absolute Gasteiger partial charge is 0.341 e. The number of hydrogen-bond acceptors (Lipinski definition) is 2. The van der Waals surface area contributed by atoms with Crippen molar-refractivity contribution < 1.29 is 9.18 Å². The van der Waals surface area contributed by atoms with Crippen LogP contribution in [0.1, 0.15) is 35.3 Å². The fourth-order valence-corrected chi connectivity index (χ4v) is 2.39. The Hall–Kier alpha value is -2.16. The molecule has 2 nitrogen and oxygen atoms in total. The molecule has 21 heavy (non-hydrogen) atoms. The van der Waals surface area contributed by atoms with Crippen molar-refractivity contribution in [3.05, 3.63) is 58.9 Å². The highest BCUT2D eigenvalue weighted by molar-refractivity contribution is 6.00. The predicted octanol–water partition coefficient (Wildman–Crippen LogP) is 4.80. The molecular formula is C18H20FNO. The third kappa shape index (κ3) is 3.13. The van der Waals surface area contributed by atoms with E-state index in [0.717, 1.165) is 11.4 Å². The van der Waals surface area contributed by atoms with E-state index in [0.29, 0.717) is 17.7 Å². The molecule has 0 amide bonds. The highest BCUT2D eigenvalue weighted by atomic mass is 19.1. The molecule has 0 aromatic heterocycles. The fraction of sp³-hybridized carbons (Fsp3) is 0.278. The first-order valence-electron chi connectivity index (χ1n) is 7.09. The summed E-state index contributed by atoms with van der Waals surface area (Å²) in [7, 11) is 0. The summed E-state index contributed by atoms with van der Waals surface area (Å²) in [5.41, 5.74) is 3.89. The van der Waals surface area contributed by atoms with Gasteiger partial charge in [-0.05, 0) is 57.5 Å². The highest BCUT2D eigenvalue weighted by Crippen LogP contribution is 2.31. The predicted molar refractivity (Wildman–Crippen MR) is 85.0 cm³/mol. The van der Waals surface area contributed by atoms with Crippen molar-refractivity contribution in [3.8, 4) is 0 Å². The lowest BCUT2D eigenvalue weighted by Gasteiger charge is -2.26. The van der Waals surface area contributed by atoms with Crippen molar-refractivity contribution in [1.29, 1.82) is 0 Å². The summed E-state index contributed by atoms with van der Waals surface area (Å²) in [5.74, 6) is -0.474. The topological polar surface area (TPSA) is 20.3 Å². The molecule has 0 aliphatic carbocycles. The molecule has 3 heteroatoms. The van der Waals surface area contributed by atoms with Gasteiger partial charge in [0.1, 0.15) is 5.82 Å². The molecule has 2 aromatic carbocycles. The second-order valence-corrected chi connectivity index (χ2v) is 5.25. The van der Waals surface area contributed by atoms with Crippen molar-refractivity contribution in [2.75, 3.05) is 11.4 Å². The van der Waals surface area contributed by atoms with E-state index < -0.39 is 0 Å². The van der Waals surface area contributed by atoms with E-state index in [4.69, 9.17) is 0 Å². The van der Waals surface area contributed by atoms with Gasteiger partial charge in [-0.25, -0.2) is 4.39 Å². The zero-order valence-corrected chi connectivity index (χ0v) is 12.9. The Morgan fingerprint density at radius 2 is 1.76 bits per heavy atom. The molecule has 0 aliphatic heterocycles. The summed E-state index contributed by atoms with van der Waals surface area (Å²) < 4.78 is 13.8. The number of aryl methyl sites for hydroxylation is 2.